The van der Waals surface area contributed by atoms with E-state index in [-0.39, 0.29) is 17.5 Å². The van der Waals surface area contributed by atoms with Crippen LogP contribution in [0, 0.1) is 0 Å². The van der Waals surface area contributed by atoms with Crippen LogP contribution in [0.5, 0.6) is 5.75 Å². The molecule has 0 aliphatic rings. The molecule has 0 bridgehead atoms. The van der Waals surface area contributed by atoms with Crippen molar-refractivity contribution in [3.8, 4) is 17.1 Å². The van der Waals surface area contributed by atoms with Gasteiger partial charge >= 0.3 is 5.63 Å². The number of nitrogens with one attached hydrogen (secondary N) is 1. The fourth-order valence-corrected chi connectivity index (χ4v) is 1.90. The van der Waals surface area contributed by atoms with Gasteiger partial charge in [0.15, 0.2) is 11.3 Å². The minimum absolute atomic E-state index is 0.0113. The molecule has 2 aromatic heterocycles. The van der Waals surface area contributed by atoms with E-state index in [0.29, 0.717) is 11.3 Å². The molecule has 1 aromatic carbocycles. The third-order valence-electron chi connectivity index (χ3n) is 2.67. The van der Waals surface area contributed by atoms with E-state index in [0.717, 1.165) is 5.39 Å². The van der Waals surface area contributed by atoms with Crippen molar-refractivity contribution >= 4 is 11.0 Å². The topological polar surface area (TPSA) is 93.9 Å². The van der Waals surface area contributed by atoms with Gasteiger partial charge in [0.25, 0.3) is 0 Å². The number of rotatable bonds is 3. The van der Waals surface area contributed by atoms with Gasteiger partial charge in [-0.1, -0.05) is 12.1 Å². The van der Waals surface area contributed by atoms with E-state index >= 15 is 0 Å². The van der Waals surface area contributed by atoms with Crippen LogP contribution < -0.4 is 10.4 Å². The number of ether oxygens (including phenoxy) is 1. The maximum Gasteiger partial charge on any atom is 0.347 e. The minimum atomic E-state index is -0.529. The van der Waals surface area contributed by atoms with Crippen molar-refractivity contribution in [2.45, 2.75) is 20.0 Å². The molecule has 0 unspecified atom stereocenters. The molecule has 0 fully saturated rings. The number of fused-ring (bicyclic) bond motifs is 1. The maximum atomic E-state index is 12.0. The summed E-state index contributed by atoms with van der Waals surface area (Å²) in [7, 11) is 0. The Hall–Kier alpha value is -2.70. The van der Waals surface area contributed by atoms with E-state index in [4.69, 9.17) is 9.15 Å². The monoisotopic (exact) mass is 272 g/mol. The number of hydrogen-bond acceptors (Lipinski definition) is 6. The van der Waals surface area contributed by atoms with Crippen LogP contribution >= 0.6 is 0 Å². The van der Waals surface area contributed by atoms with Crippen molar-refractivity contribution < 1.29 is 9.15 Å². The van der Waals surface area contributed by atoms with Gasteiger partial charge in [-0.25, -0.2) is 4.79 Å². The summed E-state index contributed by atoms with van der Waals surface area (Å²) in [4.78, 5) is 12.0. The molecule has 20 heavy (non-hydrogen) atoms. The Kier molecular flexibility index (Phi) is 2.94. The summed E-state index contributed by atoms with van der Waals surface area (Å²) in [5.74, 6) is 0.741. The van der Waals surface area contributed by atoms with E-state index in [1.54, 1.807) is 12.1 Å². The molecule has 3 aromatic rings. The smallest absolute Gasteiger partial charge is 0.347 e. The number of H-pyrrole nitrogens is 1. The molecule has 3 rings (SSSR count). The standard InChI is InChI=1S/C13H12N4O3/c1-7(2)19-10-5-3-4-8-6-9(12-14-16-17-15-12)13(18)20-11(8)10/h3-7H,1-2H3,(H,14,15,16,17). The number of aromatic amines is 1. The van der Waals surface area contributed by atoms with Crippen LogP contribution in [0.3, 0.4) is 0 Å². The van der Waals surface area contributed by atoms with Crippen LogP contribution in [0.4, 0.5) is 0 Å². The van der Waals surface area contributed by atoms with Gasteiger partial charge in [-0.05, 0) is 31.2 Å². The Labute approximate surface area is 113 Å². The van der Waals surface area contributed by atoms with Crippen molar-refractivity contribution in [2.24, 2.45) is 0 Å². The van der Waals surface area contributed by atoms with Gasteiger partial charge in [-0.15, -0.1) is 10.2 Å². The highest BCUT2D eigenvalue weighted by Crippen LogP contribution is 2.27. The summed E-state index contributed by atoms with van der Waals surface area (Å²) in [6.45, 7) is 3.81. The third-order valence-corrected chi connectivity index (χ3v) is 2.67. The van der Waals surface area contributed by atoms with Crippen molar-refractivity contribution in [1.82, 2.24) is 20.6 Å². The fourth-order valence-electron chi connectivity index (χ4n) is 1.90. The zero-order valence-electron chi connectivity index (χ0n) is 11.0. The lowest BCUT2D eigenvalue weighted by Crippen LogP contribution is -2.08. The lowest BCUT2D eigenvalue weighted by molar-refractivity contribution is 0.241. The first-order valence-corrected chi connectivity index (χ1v) is 6.12. The highest BCUT2D eigenvalue weighted by molar-refractivity contribution is 5.85. The van der Waals surface area contributed by atoms with E-state index in [1.165, 1.54) is 0 Å². The van der Waals surface area contributed by atoms with Crippen molar-refractivity contribution in [3.05, 3.63) is 34.7 Å². The molecule has 0 saturated heterocycles. The van der Waals surface area contributed by atoms with Crippen LogP contribution in [0.15, 0.2) is 33.5 Å². The molecule has 0 amide bonds. The lowest BCUT2D eigenvalue weighted by atomic mass is 10.1. The first-order chi connectivity index (χ1) is 9.65. The van der Waals surface area contributed by atoms with Gasteiger partial charge in [0.1, 0.15) is 5.56 Å². The van der Waals surface area contributed by atoms with Crippen LogP contribution in [0.25, 0.3) is 22.4 Å². The summed E-state index contributed by atoms with van der Waals surface area (Å²) in [6, 6.07) is 7.09. The molecule has 0 saturated carbocycles. The predicted octanol–water partition coefficient (Wildman–Crippen LogP) is 1.76. The van der Waals surface area contributed by atoms with Gasteiger partial charge in [0, 0.05) is 5.39 Å². The molecule has 0 spiro atoms. The van der Waals surface area contributed by atoms with Crippen LogP contribution in [-0.2, 0) is 0 Å². The highest BCUT2D eigenvalue weighted by atomic mass is 16.5. The summed E-state index contributed by atoms with van der Waals surface area (Å²) in [6.07, 6.45) is -0.0113. The second kappa shape index (κ2) is 4.76. The van der Waals surface area contributed by atoms with Crippen LogP contribution in [-0.4, -0.2) is 26.7 Å². The van der Waals surface area contributed by atoms with Crippen molar-refractivity contribution in [3.63, 3.8) is 0 Å². The first kappa shape index (κ1) is 12.3. The minimum Gasteiger partial charge on any atom is -0.487 e. The summed E-state index contributed by atoms with van der Waals surface area (Å²) < 4.78 is 11.0. The zero-order chi connectivity index (χ0) is 14.1. The highest BCUT2D eigenvalue weighted by Gasteiger charge is 2.14. The molecule has 0 aliphatic carbocycles. The van der Waals surface area contributed by atoms with Crippen LogP contribution in [0.1, 0.15) is 13.8 Å². The second-order valence-electron chi connectivity index (χ2n) is 4.52. The van der Waals surface area contributed by atoms with E-state index in [1.807, 2.05) is 26.0 Å². The molecule has 0 aliphatic heterocycles. The Balaban J connectivity index is 2.21. The number of tetrazole rings is 1. The Morgan fingerprint density at radius 1 is 1.35 bits per heavy atom. The van der Waals surface area contributed by atoms with Gasteiger partial charge in [-0.3, -0.25) is 0 Å². The molecule has 7 nitrogen and oxygen atoms in total. The molecule has 1 N–H and O–H groups in total. The molecule has 102 valence electrons. The summed E-state index contributed by atoms with van der Waals surface area (Å²) >= 11 is 0. The molecular weight excluding hydrogens is 260 g/mol. The van der Waals surface area contributed by atoms with E-state index < -0.39 is 5.63 Å². The zero-order valence-corrected chi connectivity index (χ0v) is 11.0. The predicted molar refractivity (Wildman–Crippen MR) is 71.4 cm³/mol. The Morgan fingerprint density at radius 3 is 2.90 bits per heavy atom. The SMILES string of the molecule is CC(C)Oc1cccc2cc(-c3nn[nH]n3)c(=O)oc12. The molecule has 0 atom stereocenters. The summed E-state index contributed by atoms with van der Waals surface area (Å²) in [5.41, 5.74) is 0.144. The quantitative estimate of drug-likeness (QED) is 0.730. The van der Waals surface area contributed by atoms with E-state index in [2.05, 4.69) is 20.6 Å². The second-order valence-corrected chi connectivity index (χ2v) is 4.52. The van der Waals surface area contributed by atoms with Crippen molar-refractivity contribution in [1.29, 1.82) is 0 Å². The van der Waals surface area contributed by atoms with Gasteiger partial charge < -0.3 is 9.15 Å². The fraction of sp³-hybridized carbons (Fsp3) is 0.231. The van der Waals surface area contributed by atoms with Gasteiger partial charge in [0.2, 0.25) is 5.82 Å². The molecular formula is C13H12N4O3. The molecule has 0 radical (unpaired) electrons. The van der Waals surface area contributed by atoms with Gasteiger partial charge in [0.05, 0.1) is 6.10 Å². The third kappa shape index (κ3) is 2.13. The summed E-state index contributed by atoms with van der Waals surface area (Å²) in [5, 5.41) is 14.1. The van der Waals surface area contributed by atoms with Crippen molar-refractivity contribution in [2.75, 3.05) is 0 Å². The number of benzene rings is 1. The maximum absolute atomic E-state index is 12.0. The Bertz CT molecular complexity index is 793. The Morgan fingerprint density at radius 2 is 2.20 bits per heavy atom. The molecule has 2 heterocycles. The number of para-hydroxylation sites is 1. The number of hydrogen-bond donors (Lipinski definition) is 1. The number of nitrogens with zero attached hydrogens (tertiary/aromatic N) is 3. The average molecular weight is 272 g/mol. The molecule has 7 heteroatoms. The largest absolute Gasteiger partial charge is 0.487 e. The number of aromatic nitrogens is 4. The first-order valence-electron chi connectivity index (χ1n) is 6.12. The normalized spacial score (nSPS) is 11.2. The lowest BCUT2D eigenvalue weighted by Gasteiger charge is -2.11. The van der Waals surface area contributed by atoms with E-state index in [9.17, 15) is 4.79 Å². The average Bonchev–Trinajstić information content (AvgIpc) is 2.92. The van der Waals surface area contributed by atoms with Gasteiger partial charge in [-0.2, -0.15) is 5.21 Å². The van der Waals surface area contributed by atoms with Crippen LogP contribution in [0.2, 0.25) is 0 Å².